The number of aryl methyl sites for hydroxylation is 1. The normalized spacial score (nSPS) is 17.6. The zero-order valence-electron chi connectivity index (χ0n) is 16.8. The largest absolute Gasteiger partial charge is 0.356 e. The monoisotopic (exact) mass is 398 g/mol. The molecule has 150 valence electrons. The summed E-state index contributed by atoms with van der Waals surface area (Å²) in [7, 11) is 0. The first-order chi connectivity index (χ1) is 14.7. The van der Waals surface area contributed by atoms with Crippen LogP contribution in [0.25, 0.3) is 33.7 Å². The average Bonchev–Trinajstić information content (AvgIpc) is 3.40. The number of hydrogen-bond acceptors (Lipinski definition) is 7. The highest BCUT2D eigenvalue weighted by atomic mass is 15.2. The van der Waals surface area contributed by atoms with E-state index in [1.165, 1.54) is 6.42 Å². The predicted octanol–water partition coefficient (Wildman–Crippen LogP) is 2.59. The van der Waals surface area contributed by atoms with Crippen molar-refractivity contribution in [2.24, 2.45) is 5.41 Å². The maximum absolute atomic E-state index is 5.00. The lowest BCUT2D eigenvalue weighted by Crippen LogP contribution is -2.54. The molecule has 8 nitrogen and oxygen atoms in total. The molecule has 6 heterocycles. The van der Waals surface area contributed by atoms with Crippen LogP contribution in [0.15, 0.2) is 42.9 Å². The first-order valence-corrected chi connectivity index (χ1v) is 10.3. The van der Waals surface area contributed by atoms with Gasteiger partial charge in [-0.25, -0.2) is 15.0 Å². The molecule has 4 aromatic rings. The van der Waals surface area contributed by atoms with Crippen molar-refractivity contribution in [3.05, 3.63) is 48.5 Å². The van der Waals surface area contributed by atoms with Crippen LogP contribution in [0.4, 0.5) is 5.82 Å². The number of hydrogen-bond donors (Lipinski definition) is 2. The van der Waals surface area contributed by atoms with E-state index in [9.17, 15) is 0 Å². The molecule has 30 heavy (non-hydrogen) atoms. The molecule has 6 rings (SSSR count). The van der Waals surface area contributed by atoms with Crippen molar-refractivity contribution >= 4 is 16.7 Å². The second-order valence-corrected chi connectivity index (χ2v) is 8.39. The highest BCUT2D eigenvalue weighted by Gasteiger charge is 2.43. The summed E-state index contributed by atoms with van der Waals surface area (Å²) < 4.78 is 0. The number of nitrogens with zero attached hydrogens (tertiary/aromatic N) is 6. The van der Waals surface area contributed by atoms with E-state index in [1.54, 1.807) is 12.4 Å². The van der Waals surface area contributed by atoms with Crippen LogP contribution in [0.2, 0.25) is 0 Å². The van der Waals surface area contributed by atoms with Crippen LogP contribution < -0.4 is 10.2 Å². The van der Waals surface area contributed by atoms with Gasteiger partial charge in [-0.3, -0.25) is 10.1 Å². The molecule has 0 atom stereocenters. The van der Waals surface area contributed by atoms with Gasteiger partial charge < -0.3 is 10.2 Å². The van der Waals surface area contributed by atoms with Gasteiger partial charge in [0.25, 0.3) is 0 Å². The van der Waals surface area contributed by atoms with Crippen molar-refractivity contribution in [2.75, 3.05) is 31.1 Å². The molecule has 2 aliphatic heterocycles. The van der Waals surface area contributed by atoms with E-state index >= 15 is 0 Å². The molecule has 0 aliphatic carbocycles. The Morgan fingerprint density at radius 2 is 1.93 bits per heavy atom. The molecular formula is C22H22N8. The van der Waals surface area contributed by atoms with Crippen LogP contribution in [0, 0.1) is 12.3 Å². The molecule has 4 aromatic heterocycles. The number of nitrogens with one attached hydrogen (secondary N) is 2. The Bertz CT molecular complexity index is 1240. The van der Waals surface area contributed by atoms with Gasteiger partial charge in [0.15, 0.2) is 0 Å². The maximum atomic E-state index is 5.00. The van der Waals surface area contributed by atoms with Crippen molar-refractivity contribution in [1.82, 2.24) is 35.5 Å². The fourth-order valence-corrected chi connectivity index (χ4v) is 4.49. The van der Waals surface area contributed by atoms with Crippen molar-refractivity contribution in [1.29, 1.82) is 0 Å². The van der Waals surface area contributed by atoms with Gasteiger partial charge in [-0.15, -0.1) is 0 Å². The van der Waals surface area contributed by atoms with E-state index < -0.39 is 0 Å². The lowest BCUT2D eigenvalue weighted by molar-refractivity contribution is 0.199. The Balaban J connectivity index is 1.43. The summed E-state index contributed by atoms with van der Waals surface area (Å²) in [6.07, 6.45) is 6.51. The average molecular weight is 398 g/mol. The van der Waals surface area contributed by atoms with Gasteiger partial charge >= 0.3 is 0 Å². The summed E-state index contributed by atoms with van der Waals surface area (Å²) in [4.78, 5) is 21.2. The Labute approximate surface area is 173 Å². The fraction of sp³-hybridized carbons (Fsp3) is 0.318. The van der Waals surface area contributed by atoms with E-state index in [4.69, 9.17) is 9.97 Å². The Hall–Kier alpha value is -3.39. The maximum Gasteiger partial charge on any atom is 0.129 e. The molecular weight excluding hydrogens is 376 g/mol. The van der Waals surface area contributed by atoms with Crippen molar-refractivity contribution in [2.45, 2.75) is 13.3 Å². The Kier molecular flexibility index (Phi) is 3.82. The van der Waals surface area contributed by atoms with Gasteiger partial charge in [-0.2, -0.15) is 5.10 Å². The van der Waals surface area contributed by atoms with Crippen LogP contribution in [0.1, 0.15) is 12.1 Å². The molecule has 2 aliphatic rings. The quantitative estimate of drug-likeness (QED) is 0.548. The van der Waals surface area contributed by atoms with Crippen molar-refractivity contribution < 1.29 is 0 Å². The first-order valence-electron chi connectivity index (χ1n) is 10.3. The number of pyridine rings is 2. The summed E-state index contributed by atoms with van der Waals surface area (Å²) in [5, 5.41) is 11.7. The van der Waals surface area contributed by atoms with Crippen LogP contribution >= 0.6 is 0 Å². The fourth-order valence-electron chi connectivity index (χ4n) is 4.49. The number of aromatic amines is 1. The van der Waals surface area contributed by atoms with Crippen LogP contribution in [-0.2, 0) is 0 Å². The van der Waals surface area contributed by atoms with Crippen LogP contribution in [0.3, 0.4) is 0 Å². The van der Waals surface area contributed by atoms with Gasteiger partial charge in [-0.1, -0.05) is 6.07 Å². The molecule has 2 fully saturated rings. The van der Waals surface area contributed by atoms with Gasteiger partial charge in [0.05, 0.1) is 35.0 Å². The number of rotatable bonds is 3. The van der Waals surface area contributed by atoms with Gasteiger partial charge in [0.1, 0.15) is 17.2 Å². The van der Waals surface area contributed by atoms with E-state index in [0.717, 1.165) is 71.4 Å². The zero-order valence-corrected chi connectivity index (χ0v) is 16.8. The SMILES string of the molecule is Cc1cncc(-c2cc3[nH]ncc3c(-c3cccc(N4CCC5(CNC5)C4)n3)n2)n1. The standard InChI is InChI=1S/C22H22N8/c1-14-8-23-10-19(26-14)18-7-17-15(9-25-29-17)21(28-18)16-3-2-4-20(27-16)30-6-5-22(13-30)11-24-12-22/h2-4,7-10,24H,5-6,11-13H2,1H3,(H,25,29). The molecule has 0 radical (unpaired) electrons. The topological polar surface area (TPSA) is 95.5 Å². The van der Waals surface area contributed by atoms with E-state index in [0.29, 0.717) is 5.41 Å². The van der Waals surface area contributed by atoms with E-state index in [2.05, 4.69) is 42.5 Å². The van der Waals surface area contributed by atoms with Gasteiger partial charge in [0, 0.05) is 43.2 Å². The summed E-state index contributed by atoms with van der Waals surface area (Å²) in [6, 6.07) is 8.14. The predicted molar refractivity (Wildman–Crippen MR) is 115 cm³/mol. The first kappa shape index (κ1) is 17.5. The van der Waals surface area contributed by atoms with Gasteiger partial charge in [0.2, 0.25) is 0 Å². The number of aromatic nitrogens is 6. The summed E-state index contributed by atoms with van der Waals surface area (Å²) in [5.41, 5.74) is 5.33. The number of anilines is 1. The molecule has 1 spiro atoms. The number of H-pyrrole nitrogens is 1. The van der Waals surface area contributed by atoms with Crippen molar-refractivity contribution in [3.8, 4) is 22.8 Å². The minimum atomic E-state index is 0.428. The highest BCUT2D eigenvalue weighted by molar-refractivity contribution is 5.93. The van der Waals surface area contributed by atoms with Gasteiger partial charge in [-0.05, 0) is 31.5 Å². The molecule has 0 unspecified atom stereocenters. The van der Waals surface area contributed by atoms with E-state index in [-0.39, 0.29) is 0 Å². The summed E-state index contributed by atoms with van der Waals surface area (Å²) in [6.45, 7) is 6.26. The number of fused-ring (bicyclic) bond motifs is 1. The lowest BCUT2D eigenvalue weighted by atomic mass is 9.81. The smallest absolute Gasteiger partial charge is 0.129 e. The van der Waals surface area contributed by atoms with E-state index in [1.807, 2.05) is 25.3 Å². The molecule has 8 heteroatoms. The molecule has 2 saturated heterocycles. The molecule has 2 N–H and O–H groups in total. The summed E-state index contributed by atoms with van der Waals surface area (Å²) >= 11 is 0. The second kappa shape index (κ2) is 6.56. The minimum Gasteiger partial charge on any atom is -0.356 e. The zero-order chi connectivity index (χ0) is 20.1. The second-order valence-electron chi connectivity index (χ2n) is 8.39. The Morgan fingerprint density at radius 3 is 2.73 bits per heavy atom. The Morgan fingerprint density at radius 1 is 1.00 bits per heavy atom. The van der Waals surface area contributed by atoms with Crippen molar-refractivity contribution in [3.63, 3.8) is 0 Å². The summed E-state index contributed by atoms with van der Waals surface area (Å²) in [5.74, 6) is 1.01. The minimum absolute atomic E-state index is 0.428. The molecule has 0 saturated carbocycles. The highest BCUT2D eigenvalue weighted by Crippen LogP contribution is 2.37. The third-order valence-corrected chi connectivity index (χ3v) is 6.19. The lowest BCUT2D eigenvalue weighted by Gasteiger charge is -2.39. The third-order valence-electron chi connectivity index (χ3n) is 6.19. The molecule has 0 amide bonds. The van der Waals surface area contributed by atoms with Crippen LogP contribution in [0.5, 0.6) is 0 Å². The van der Waals surface area contributed by atoms with Crippen LogP contribution in [-0.4, -0.2) is 56.3 Å². The third kappa shape index (κ3) is 2.83. The molecule has 0 aromatic carbocycles. The molecule has 0 bridgehead atoms.